The van der Waals surface area contributed by atoms with Gasteiger partial charge in [0.25, 0.3) is 0 Å². The standard InChI is InChI=1S/C24H24F3N3O/c25-24(26,27)23(31)30(16-18-10-12-29-22-9-5-4-8-21(18)22)20-11-13-28-19(15-20)14-17-6-2-1-3-7-17/h1-10,12,19-20,28H,11,13-16H2. The molecule has 4 rings (SSSR count). The quantitative estimate of drug-likeness (QED) is 0.653. The molecule has 1 N–H and O–H groups in total. The number of carbonyl (C=O) groups is 1. The van der Waals surface area contributed by atoms with E-state index in [2.05, 4.69) is 10.3 Å². The monoisotopic (exact) mass is 427 g/mol. The molecule has 7 heteroatoms. The maximum atomic E-state index is 13.5. The zero-order valence-corrected chi connectivity index (χ0v) is 17.0. The number of alkyl halides is 3. The molecule has 1 aromatic heterocycles. The molecule has 1 saturated heterocycles. The predicted octanol–water partition coefficient (Wildman–Crippen LogP) is 4.49. The number of hydrogen-bond donors (Lipinski definition) is 1. The molecule has 0 spiro atoms. The second kappa shape index (κ2) is 9.06. The Balaban J connectivity index is 1.59. The van der Waals surface area contributed by atoms with Gasteiger partial charge in [-0.25, -0.2) is 0 Å². The number of fused-ring (bicyclic) bond motifs is 1. The number of piperidine rings is 1. The number of halogens is 3. The minimum Gasteiger partial charge on any atom is -0.327 e. The van der Waals surface area contributed by atoms with Crippen LogP contribution in [0.5, 0.6) is 0 Å². The molecule has 31 heavy (non-hydrogen) atoms. The average molecular weight is 427 g/mol. The molecule has 1 amide bonds. The summed E-state index contributed by atoms with van der Waals surface area (Å²) >= 11 is 0. The van der Waals surface area contributed by atoms with Gasteiger partial charge in [-0.2, -0.15) is 13.2 Å². The van der Waals surface area contributed by atoms with E-state index in [1.807, 2.05) is 54.6 Å². The lowest BCUT2D eigenvalue weighted by molar-refractivity contribution is -0.189. The topological polar surface area (TPSA) is 45.2 Å². The fraction of sp³-hybridized carbons (Fsp3) is 0.333. The molecule has 0 saturated carbocycles. The number of aromatic nitrogens is 1. The number of pyridine rings is 1. The number of para-hydroxylation sites is 1. The third-order valence-corrected chi connectivity index (χ3v) is 5.82. The third-order valence-electron chi connectivity index (χ3n) is 5.82. The molecule has 2 aromatic carbocycles. The highest BCUT2D eigenvalue weighted by Crippen LogP contribution is 2.28. The molecule has 0 aliphatic carbocycles. The Morgan fingerprint density at radius 3 is 2.58 bits per heavy atom. The van der Waals surface area contributed by atoms with Gasteiger partial charge in [-0.05, 0) is 49.1 Å². The molecular formula is C24H24F3N3O. The lowest BCUT2D eigenvalue weighted by Gasteiger charge is -2.38. The zero-order chi connectivity index (χ0) is 21.8. The van der Waals surface area contributed by atoms with Crippen LogP contribution in [0.1, 0.15) is 24.0 Å². The van der Waals surface area contributed by atoms with Crippen LogP contribution < -0.4 is 5.32 Å². The van der Waals surface area contributed by atoms with E-state index in [0.29, 0.717) is 36.9 Å². The van der Waals surface area contributed by atoms with E-state index in [0.717, 1.165) is 15.8 Å². The van der Waals surface area contributed by atoms with Gasteiger partial charge in [-0.1, -0.05) is 48.5 Å². The van der Waals surface area contributed by atoms with E-state index in [9.17, 15) is 18.0 Å². The normalized spacial score (nSPS) is 19.3. The smallest absolute Gasteiger partial charge is 0.327 e. The van der Waals surface area contributed by atoms with Crippen LogP contribution in [-0.2, 0) is 17.8 Å². The Bertz CT molecular complexity index is 1030. The van der Waals surface area contributed by atoms with E-state index in [-0.39, 0.29) is 12.6 Å². The SMILES string of the molecule is O=C(N(Cc1ccnc2ccccc12)C1CCNC(Cc2ccccc2)C1)C(F)(F)F. The van der Waals surface area contributed by atoms with E-state index in [1.165, 1.54) is 0 Å². The van der Waals surface area contributed by atoms with Crippen molar-refractivity contribution in [1.29, 1.82) is 0 Å². The number of carbonyl (C=O) groups excluding carboxylic acids is 1. The van der Waals surface area contributed by atoms with Gasteiger partial charge in [-0.15, -0.1) is 0 Å². The van der Waals surface area contributed by atoms with Crippen molar-refractivity contribution in [2.45, 2.75) is 44.1 Å². The number of amides is 1. The Labute approximate surface area is 179 Å². The molecule has 0 bridgehead atoms. The summed E-state index contributed by atoms with van der Waals surface area (Å²) in [5.74, 6) is -1.78. The molecule has 2 heterocycles. The summed E-state index contributed by atoms with van der Waals surface area (Å²) in [4.78, 5) is 17.7. The van der Waals surface area contributed by atoms with Crippen LogP contribution in [0.3, 0.4) is 0 Å². The highest BCUT2D eigenvalue weighted by molar-refractivity contribution is 5.84. The number of nitrogens with zero attached hydrogens (tertiary/aromatic N) is 2. The van der Waals surface area contributed by atoms with Crippen LogP contribution in [0.25, 0.3) is 10.9 Å². The number of hydrogen-bond acceptors (Lipinski definition) is 3. The minimum atomic E-state index is -4.91. The first-order chi connectivity index (χ1) is 14.9. The molecule has 1 aliphatic rings. The van der Waals surface area contributed by atoms with Crippen molar-refractivity contribution in [3.8, 4) is 0 Å². The fourth-order valence-corrected chi connectivity index (χ4v) is 4.33. The van der Waals surface area contributed by atoms with E-state index < -0.39 is 18.1 Å². The van der Waals surface area contributed by atoms with Crippen LogP contribution in [0.2, 0.25) is 0 Å². The van der Waals surface area contributed by atoms with Crippen LogP contribution in [0.15, 0.2) is 66.9 Å². The van der Waals surface area contributed by atoms with Crippen LogP contribution in [0, 0.1) is 0 Å². The van der Waals surface area contributed by atoms with Gasteiger partial charge in [0.05, 0.1) is 5.52 Å². The summed E-state index contributed by atoms with van der Waals surface area (Å²) in [6.45, 7) is 0.477. The Kier molecular flexibility index (Phi) is 6.23. The molecule has 3 aromatic rings. The van der Waals surface area contributed by atoms with Gasteiger partial charge >= 0.3 is 12.1 Å². The largest absolute Gasteiger partial charge is 0.471 e. The van der Waals surface area contributed by atoms with Gasteiger partial charge in [0.2, 0.25) is 0 Å². The molecule has 1 fully saturated rings. The maximum Gasteiger partial charge on any atom is 0.471 e. The van der Waals surface area contributed by atoms with Crippen molar-refractivity contribution in [3.63, 3.8) is 0 Å². The van der Waals surface area contributed by atoms with Crippen molar-refractivity contribution in [2.24, 2.45) is 0 Å². The van der Waals surface area contributed by atoms with Crippen molar-refractivity contribution >= 4 is 16.8 Å². The summed E-state index contributed by atoms with van der Waals surface area (Å²) in [5.41, 5.74) is 2.49. The van der Waals surface area contributed by atoms with Crippen molar-refractivity contribution < 1.29 is 18.0 Å². The summed E-state index contributed by atoms with van der Waals surface area (Å²) < 4.78 is 40.5. The molecule has 2 atom stereocenters. The van der Waals surface area contributed by atoms with Gasteiger partial charge in [0, 0.05) is 30.2 Å². The van der Waals surface area contributed by atoms with Gasteiger partial charge in [0.15, 0.2) is 0 Å². The van der Waals surface area contributed by atoms with E-state index in [1.54, 1.807) is 12.3 Å². The summed E-state index contributed by atoms with van der Waals surface area (Å²) in [5, 5.41) is 4.16. The molecule has 0 radical (unpaired) electrons. The predicted molar refractivity (Wildman–Crippen MR) is 113 cm³/mol. The zero-order valence-electron chi connectivity index (χ0n) is 17.0. The minimum absolute atomic E-state index is 0.0128. The lowest BCUT2D eigenvalue weighted by Crippen LogP contribution is -2.53. The highest BCUT2D eigenvalue weighted by Gasteiger charge is 2.45. The van der Waals surface area contributed by atoms with Gasteiger partial charge < -0.3 is 10.2 Å². The average Bonchev–Trinajstić information content (AvgIpc) is 2.77. The van der Waals surface area contributed by atoms with E-state index >= 15 is 0 Å². The summed E-state index contributed by atoms with van der Waals surface area (Å²) in [6, 6.07) is 18.4. The molecule has 1 aliphatic heterocycles. The first kappa shape index (κ1) is 21.3. The van der Waals surface area contributed by atoms with Crippen molar-refractivity contribution in [3.05, 3.63) is 78.0 Å². The van der Waals surface area contributed by atoms with Crippen molar-refractivity contribution in [1.82, 2.24) is 15.2 Å². The second-order valence-electron chi connectivity index (χ2n) is 7.94. The second-order valence-corrected chi connectivity index (χ2v) is 7.94. The molecule has 4 nitrogen and oxygen atoms in total. The lowest BCUT2D eigenvalue weighted by atomic mass is 9.92. The third kappa shape index (κ3) is 5.05. The maximum absolute atomic E-state index is 13.5. The Morgan fingerprint density at radius 2 is 1.81 bits per heavy atom. The Morgan fingerprint density at radius 1 is 1.06 bits per heavy atom. The summed E-state index contributed by atoms with van der Waals surface area (Å²) in [7, 11) is 0. The Hall–Kier alpha value is -2.93. The number of benzene rings is 2. The van der Waals surface area contributed by atoms with Gasteiger partial charge in [0.1, 0.15) is 0 Å². The van der Waals surface area contributed by atoms with Gasteiger partial charge in [-0.3, -0.25) is 9.78 Å². The fourth-order valence-electron chi connectivity index (χ4n) is 4.33. The first-order valence-electron chi connectivity index (χ1n) is 10.4. The number of rotatable bonds is 5. The molecule has 162 valence electrons. The first-order valence-corrected chi connectivity index (χ1v) is 10.4. The highest BCUT2D eigenvalue weighted by atomic mass is 19.4. The summed E-state index contributed by atoms with van der Waals surface area (Å²) in [6.07, 6.45) is -1.67. The van der Waals surface area contributed by atoms with Crippen molar-refractivity contribution in [2.75, 3.05) is 6.54 Å². The van der Waals surface area contributed by atoms with Crippen LogP contribution in [0.4, 0.5) is 13.2 Å². The number of nitrogens with one attached hydrogen (secondary N) is 1. The van der Waals surface area contributed by atoms with E-state index in [4.69, 9.17) is 0 Å². The van der Waals surface area contributed by atoms with Crippen LogP contribution >= 0.6 is 0 Å². The molecular weight excluding hydrogens is 403 g/mol. The molecule has 2 unspecified atom stereocenters. The van der Waals surface area contributed by atoms with Crippen LogP contribution in [-0.4, -0.2) is 40.6 Å².